The van der Waals surface area contributed by atoms with Gasteiger partial charge in [-0.15, -0.1) is 11.3 Å². The largest absolute Gasteiger partial charge is 0.368 e. The first kappa shape index (κ1) is 21.0. The number of nitrogen functional groups attached to an aromatic ring is 1. The highest BCUT2D eigenvalue weighted by Gasteiger charge is 2.21. The van der Waals surface area contributed by atoms with E-state index in [2.05, 4.69) is 20.3 Å². The Bertz CT molecular complexity index is 1500. The van der Waals surface area contributed by atoms with Gasteiger partial charge in [-0.05, 0) is 31.2 Å². The summed E-state index contributed by atoms with van der Waals surface area (Å²) in [5.74, 6) is 1.13. The molecule has 2 aromatic carbocycles. The number of nitrogens with two attached hydrogens (primary N) is 1. The van der Waals surface area contributed by atoms with E-state index in [1.165, 1.54) is 11.3 Å². The number of nitrogens with one attached hydrogen (secondary N) is 1. The number of fused-ring (bicyclic) bond motifs is 1. The molecule has 0 saturated carbocycles. The van der Waals surface area contributed by atoms with Crippen LogP contribution < -0.4 is 16.6 Å². The molecule has 0 fully saturated rings. The predicted octanol–water partition coefficient (Wildman–Crippen LogP) is 4.71. The van der Waals surface area contributed by atoms with Gasteiger partial charge in [0.05, 0.1) is 44.4 Å². The van der Waals surface area contributed by atoms with Crippen molar-refractivity contribution in [1.82, 2.24) is 24.5 Å². The van der Waals surface area contributed by atoms with Crippen molar-refractivity contribution in [3.8, 4) is 16.9 Å². The second kappa shape index (κ2) is 8.61. The second-order valence-corrected chi connectivity index (χ2v) is 8.44. The molecule has 33 heavy (non-hydrogen) atoms. The minimum Gasteiger partial charge on any atom is -0.368 e. The summed E-state index contributed by atoms with van der Waals surface area (Å²) in [4.78, 5) is 31.3. The third-order valence-electron chi connectivity index (χ3n) is 5.14. The molecule has 10 heteroatoms. The Balaban J connectivity index is 1.68. The summed E-state index contributed by atoms with van der Waals surface area (Å²) in [6.07, 6.45) is 1.63. The lowest BCUT2D eigenvalue weighted by Gasteiger charge is -2.21. The van der Waals surface area contributed by atoms with E-state index in [9.17, 15) is 4.79 Å². The minimum atomic E-state index is -0.423. The number of rotatable bonds is 5. The standard InChI is InChI=1S/C23H18ClN7OS/c1-13(28-20-15(10-26-23(25)30-20)18-11-33-12-27-18)21-29-17-9-5-8-16(24)19(17)22(32)31(21)14-6-3-2-4-7-14/h2-13H,1H3,(H3,25,26,28,30)/t13-/m1/s1. The van der Waals surface area contributed by atoms with E-state index in [4.69, 9.17) is 22.3 Å². The smallest absolute Gasteiger partial charge is 0.267 e. The lowest BCUT2D eigenvalue weighted by atomic mass is 10.2. The van der Waals surface area contributed by atoms with Crippen LogP contribution in [0.15, 0.2) is 70.4 Å². The summed E-state index contributed by atoms with van der Waals surface area (Å²) in [5, 5.41) is 5.98. The summed E-state index contributed by atoms with van der Waals surface area (Å²) < 4.78 is 1.57. The lowest BCUT2D eigenvalue weighted by Crippen LogP contribution is -2.27. The summed E-state index contributed by atoms with van der Waals surface area (Å²) in [6.45, 7) is 1.90. The van der Waals surface area contributed by atoms with Crippen LogP contribution in [-0.2, 0) is 0 Å². The van der Waals surface area contributed by atoms with E-state index in [0.717, 1.165) is 5.69 Å². The van der Waals surface area contributed by atoms with Gasteiger partial charge in [0.15, 0.2) is 0 Å². The van der Waals surface area contributed by atoms with Crippen molar-refractivity contribution in [2.75, 3.05) is 11.1 Å². The molecular weight excluding hydrogens is 458 g/mol. The van der Waals surface area contributed by atoms with Crippen molar-refractivity contribution < 1.29 is 0 Å². The molecule has 0 radical (unpaired) electrons. The van der Waals surface area contributed by atoms with Gasteiger partial charge in [0.2, 0.25) is 5.95 Å². The fourth-order valence-corrected chi connectivity index (χ4v) is 4.43. The molecule has 0 aliphatic heterocycles. The molecule has 0 amide bonds. The van der Waals surface area contributed by atoms with Gasteiger partial charge in [-0.25, -0.2) is 15.0 Å². The lowest BCUT2D eigenvalue weighted by molar-refractivity contribution is 0.731. The predicted molar refractivity (Wildman–Crippen MR) is 132 cm³/mol. The summed E-state index contributed by atoms with van der Waals surface area (Å²) in [5.41, 5.74) is 9.99. The van der Waals surface area contributed by atoms with Crippen LogP contribution in [0, 0.1) is 0 Å². The Morgan fingerprint density at radius 2 is 1.91 bits per heavy atom. The molecule has 164 valence electrons. The molecule has 3 heterocycles. The van der Waals surface area contributed by atoms with Gasteiger partial charge in [0.1, 0.15) is 11.6 Å². The Morgan fingerprint density at radius 3 is 2.67 bits per heavy atom. The van der Waals surface area contributed by atoms with Crippen LogP contribution >= 0.6 is 22.9 Å². The molecule has 1 atom stereocenters. The number of halogens is 1. The average Bonchev–Trinajstić information content (AvgIpc) is 3.34. The maximum atomic E-state index is 13.6. The van der Waals surface area contributed by atoms with Crippen molar-refractivity contribution in [3.63, 3.8) is 0 Å². The third-order valence-corrected chi connectivity index (χ3v) is 6.04. The first-order chi connectivity index (χ1) is 16.0. The molecule has 0 bridgehead atoms. The molecule has 5 rings (SSSR count). The summed E-state index contributed by atoms with van der Waals surface area (Å²) in [6, 6.07) is 14.1. The summed E-state index contributed by atoms with van der Waals surface area (Å²) >= 11 is 7.84. The van der Waals surface area contributed by atoms with Crippen molar-refractivity contribution in [3.05, 3.63) is 86.8 Å². The number of nitrogens with zero attached hydrogens (tertiary/aromatic N) is 5. The van der Waals surface area contributed by atoms with E-state index in [1.54, 1.807) is 34.5 Å². The summed E-state index contributed by atoms with van der Waals surface area (Å²) in [7, 11) is 0. The van der Waals surface area contributed by atoms with E-state index in [0.29, 0.717) is 38.8 Å². The van der Waals surface area contributed by atoms with Gasteiger partial charge in [-0.2, -0.15) is 4.98 Å². The van der Waals surface area contributed by atoms with Gasteiger partial charge in [-0.3, -0.25) is 9.36 Å². The van der Waals surface area contributed by atoms with Gasteiger partial charge < -0.3 is 11.1 Å². The fourth-order valence-electron chi connectivity index (χ4n) is 3.63. The van der Waals surface area contributed by atoms with Crippen LogP contribution in [0.4, 0.5) is 11.8 Å². The first-order valence-corrected chi connectivity index (χ1v) is 11.4. The van der Waals surface area contributed by atoms with Crippen LogP contribution in [-0.4, -0.2) is 24.5 Å². The van der Waals surface area contributed by atoms with Crippen molar-refractivity contribution in [2.45, 2.75) is 13.0 Å². The fraction of sp³-hybridized carbons (Fsp3) is 0.0870. The SMILES string of the molecule is C[C@@H](Nc1nc(N)ncc1-c1cscn1)c1nc2cccc(Cl)c2c(=O)n1-c1ccccc1. The molecule has 0 unspecified atom stereocenters. The Morgan fingerprint density at radius 1 is 1.09 bits per heavy atom. The molecule has 3 N–H and O–H groups in total. The van der Waals surface area contributed by atoms with Gasteiger partial charge in [0, 0.05) is 11.6 Å². The molecule has 0 saturated heterocycles. The molecule has 3 aromatic heterocycles. The van der Waals surface area contributed by atoms with Crippen molar-refractivity contribution in [1.29, 1.82) is 0 Å². The Hall–Kier alpha value is -3.82. The molecule has 0 aliphatic rings. The van der Waals surface area contributed by atoms with Crippen LogP contribution in [0.1, 0.15) is 18.8 Å². The van der Waals surface area contributed by atoms with E-state index in [-0.39, 0.29) is 11.5 Å². The van der Waals surface area contributed by atoms with Gasteiger partial charge >= 0.3 is 0 Å². The highest BCUT2D eigenvalue weighted by atomic mass is 35.5. The third kappa shape index (κ3) is 3.92. The van der Waals surface area contributed by atoms with Gasteiger partial charge in [-0.1, -0.05) is 35.9 Å². The highest BCUT2D eigenvalue weighted by Crippen LogP contribution is 2.30. The molecule has 8 nitrogen and oxygen atoms in total. The molecular formula is C23H18ClN7OS. The normalized spacial score (nSPS) is 12.1. The highest BCUT2D eigenvalue weighted by molar-refractivity contribution is 7.07. The number of para-hydroxylation sites is 1. The minimum absolute atomic E-state index is 0.127. The van der Waals surface area contributed by atoms with Gasteiger partial charge in [0.25, 0.3) is 5.56 Å². The zero-order chi connectivity index (χ0) is 22.9. The van der Waals surface area contributed by atoms with Crippen LogP contribution in [0.3, 0.4) is 0 Å². The van der Waals surface area contributed by atoms with Crippen LogP contribution in [0.5, 0.6) is 0 Å². The molecule has 0 spiro atoms. The molecule has 5 aromatic rings. The molecule has 0 aliphatic carbocycles. The maximum absolute atomic E-state index is 13.6. The monoisotopic (exact) mass is 475 g/mol. The Labute approximate surface area is 197 Å². The number of hydrogen-bond acceptors (Lipinski definition) is 8. The first-order valence-electron chi connectivity index (χ1n) is 10.1. The quantitative estimate of drug-likeness (QED) is 0.378. The maximum Gasteiger partial charge on any atom is 0.267 e. The van der Waals surface area contributed by atoms with Crippen LogP contribution in [0.2, 0.25) is 5.02 Å². The van der Waals surface area contributed by atoms with Crippen LogP contribution in [0.25, 0.3) is 27.8 Å². The number of benzene rings is 2. The topological polar surface area (TPSA) is 112 Å². The van der Waals surface area contributed by atoms with Crippen molar-refractivity contribution >= 4 is 45.6 Å². The van der Waals surface area contributed by atoms with E-state index in [1.807, 2.05) is 42.6 Å². The van der Waals surface area contributed by atoms with E-state index >= 15 is 0 Å². The number of anilines is 2. The van der Waals surface area contributed by atoms with E-state index < -0.39 is 6.04 Å². The average molecular weight is 476 g/mol. The zero-order valence-corrected chi connectivity index (χ0v) is 19.0. The Kier molecular flexibility index (Phi) is 5.49. The zero-order valence-electron chi connectivity index (χ0n) is 17.4. The number of aromatic nitrogens is 5. The number of hydrogen-bond donors (Lipinski definition) is 2. The number of thiazole rings is 1. The van der Waals surface area contributed by atoms with Crippen molar-refractivity contribution in [2.24, 2.45) is 0 Å². The second-order valence-electron chi connectivity index (χ2n) is 7.31.